The Morgan fingerprint density at radius 2 is 2.47 bits per heavy atom. The number of rotatable bonds is 4. The molecule has 1 amide bonds. The molecule has 6 heteroatoms. The van der Waals surface area contributed by atoms with Gasteiger partial charge < -0.3 is 5.32 Å². The predicted molar refractivity (Wildman–Crippen MR) is 56.4 cm³/mol. The van der Waals surface area contributed by atoms with Crippen LogP contribution in [-0.2, 0) is 0 Å². The van der Waals surface area contributed by atoms with Crippen LogP contribution in [0, 0.1) is 18.3 Å². The van der Waals surface area contributed by atoms with Crippen molar-refractivity contribution in [3.63, 3.8) is 0 Å². The molecule has 15 heavy (non-hydrogen) atoms. The Morgan fingerprint density at radius 1 is 1.73 bits per heavy atom. The average Bonchev–Trinajstić information content (AvgIpc) is 2.63. The fourth-order valence-electron chi connectivity index (χ4n) is 1.12. The molecule has 0 aliphatic heterocycles. The predicted octanol–water partition coefficient (Wildman–Crippen LogP) is 1.27. The van der Waals surface area contributed by atoms with Gasteiger partial charge >= 0.3 is 0 Å². The van der Waals surface area contributed by atoms with Crippen LogP contribution in [0.5, 0.6) is 0 Å². The summed E-state index contributed by atoms with van der Waals surface area (Å²) in [4.78, 5) is 12.1. The molecule has 1 atom stereocenters. The second kappa shape index (κ2) is 5.41. The van der Waals surface area contributed by atoms with Crippen molar-refractivity contribution >= 4 is 17.4 Å². The van der Waals surface area contributed by atoms with E-state index in [0.29, 0.717) is 17.0 Å². The number of carbonyl (C=O) groups is 1. The maximum Gasteiger partial charge on any atom is 0.265 e. The van der Waals surface area contributed by atoms with Crippen LogP contribution in [0.1, 0.15) is 35.1 Å². The number of amides is 1. The molecule has 0 aromatic carbocycles. The highest BCUT2D eigenvalue weighted by Gasteiger charge is 2.16. The molecular formula is C9H12N4OS. The molecule has 0 radical (unpaired) electrons. The summed E-state index contributed by atoms with van der Waals surface area (Å²) < 4.78 is 3.67. The van der Waals surface area contributed by atoms with Gasteiger partial charge in [-0.05, 0) is 24.9 Å². The number of nitriles is 1. The summed E-state index contributed by atoms with van der Waals surface area (Å²) in [6.07, 6.45) is 1.52. The maximum atomic E-state index is 11.6. The van der Waals surface area contributed by atoms with Crippen molar-refractivity contribution in [2.24, 2.45) is 0 Å². The van der Waals surface area contributed by atoms with Crippen LogP contribution in [0.2, 0.25) is 0 Å². The third-order valence-electron chi connectivity index (χ3n) is 1.90. The van der Waals surface area contributed by atoms with Crippen LogP contribution >= 0.6 is 11.5 Å². The Kier molecular flexibility index (Phi) is 4.18. The number of nitrogens with zero attached hydrogens (tertiary/aromatic N) is 3. The standard InChI is InChI=1S/C9H12N4OS/c1-3-4-7(5-10)11-9(14)8-6(2)12-13-15-8/h7H,3-4H2,1-2H3,(H,11,14). The number of nitrogens with one attached hydrogen (secondary N) is 1. The average molecular weight is 224 g/mol. The van der Waals surface area contributed by atoms with Crippen molar-refractivity contribution in [1.29, 1.82) is 5.26 Å². The summed E-state index contributed by atoms with van der Waals surface area (Å²) in [5, 5.41) is 15.2. The Hall–Kier alpha value is -1.48. The van der Waals surface area contributed by atoms with Crippen LogP contribution in [0.15, 0.2) is 0 Å². The summed E-state index contributed by atoms with van der Waals surface area (Å²) in [6, 6.07) is 1.62. The van der Waals surface area contributed by atoms with Gasteiger partial charge in [0.05, 0.1) is 11.8 Å². The highest BCUT2D eigenvalue weighted by Crippen LogP contribution is 2.09. The maximum absolute atomic E-state index is 11.6. The van der Waals surface area contributed by atoms with Crippen molar-refractivity contribution < 1.29 is 4.79 Å². The minimum atomic E-state index is -0.427. The summed E-state index contributed by atoms with van der Waals surface area (Å²) in [5.74, 6) is -0.262. The van der Waals surface area contributed by atoms with Crippen LogP contribution in [-0.4, -0.2) is 21.5 Å². The summed E-state index contributed by atoms with van der Waals surface area (Å²) in [7, 11) is 0. The van der Waals surface area contributed by atoms with E-state index in [2.05, 4.69) is 14.9 Å². The smallest absolute Gasteiger partial charge is 0.265 e. The van der Waals surface area contributed by atoms with Gasteiger partial charge in [0.15, 0.2) is 0 Å². The molecule has 80 valence electrons. The zero-order chi connectivity index (χ0) is 11.3. The van der Waals surface area contributed by atoms with Crippen LogP contribution < -0.4 is 5.32 Å². The molecule has 1 aromatic heterocycles. The quantitative estimate of drug-likeness (QED) is 0.835. The van der Waals surface area contributed by atoms with Crippen LogP contribution in [0.25, 0.3) is 0 Å². The summed E-state index contributed by atoms with van der Waals surface area (Å²) in [6.45, 7) is 3.69. The largest absolute Gasteiger partial charge is 0.335 e. The normalized spacial score (nSPS) is 11.8. The Morgan fingerprint density at radius 3 is 2.93 bits per heavy atom. The van der Waals surface area contributed by atoms with E-state index in [9.17, 15) is 4.79 Å². The Bertz CT molecular complexity index is 382. The third-order valence-corrected chi connectivity index (χ3v) is 2.72. The van der Waals surface area contributed by atoms with E-state index in [4.69, 9.17) is 5.26 Å². The first-order valence-electron chi connectivity index (χ1n) is 4.68. The van der Waals surface area contributed by atoms with Crippen molar-refractivity contribution in [3.05, 3.63) is 10.6 Å². The minimum absolute atomic E-state index is 0.262. The minimum Gasteiger partial charge on any atom is -0.335 e. The number of hydrogen-bond donors (Lipinski definition) is 1. The van der Waals surface area contributed by atoms with E-state index in [1.807, 2.05) is 13.0 Å². The number of hydrogen-bond acceptors (Lipinski definition) is 5. The molecule has 0 saturated heterocycles. The molecule has 1 N–H and O–H groups in total. The van der Waals surface area contributed by atoms with Gasteiger partial charge in [-0.25, -0.2) is 0 Å². The lowest BCUT2D eigenvalue weighted by Gasteiger charge is -2.08. The van der Waals surface area contributed by atoms with Gasteiger partial charge in [-0.2, -0.15) is 5.26 Å². The molecule has 1 aromatic rings. The first-order chi connectivity index (χ1) is 7.19. The van der Waals surface area contributed by atoms with E-state index in [1.54, 1.807) is 6.92 Å². The van der Waals surface area contributed by atoms with Crippen LogP contribution in [0.3, 0.4) is 0 Å². The lowest BCUT2D eigenvalue weighted by atomic mass is 10.2. The molecule has 0 aliphatic carbocycles. The van der Waals surface area contributed by atoms with Gasteiger partial charge in [-0.1, -0.05) is 17.8 Å². The topological polar surface area (TPSA) is 78.7 Å². The second-order valence-corrected chi connectivity index (χ2v) is 3.89. The molecular weight excluding hydrogens is 212 g/mol. The molecule has 5 nitrogen and oxygen atoms in total. The van der Waals surface area contributed by atoms with Crippen molar-refractivity contribution in [3.8, 4) is 6.07 Å². The molecule has 1 heterocycles. The molecule has 0 aliphatic rings. The number of carbonyl (C=O) groups excluding carboxylic acids is 1. The van der Waals surface area contributed by atoms with E-state index < -0.39 is 6.04 Å². The van der Waals surface area contributed by atoms with Gasteiger partial charge in [-0.3, -0.25) is 4.79 Å². The van der Waals surface area contributed by atoms with Gasteiger partial charge in [0, 0.05) is 0 Å². The zero-order valence-electron chi connectivity index (χ0n) is 8.65. The van der Waals surface area contributed by atoms with Gasteiger partial charge in [0.2, 0.25) is 0 Å². The number of aromatic nitrogens is 2. The first kappa shape index (κ1) is 11.6. The lowest BCUT2D eigenvalue weighted by molar-refractivity contribution is 0.0947. The molecule has 0 bridgehead atoms. The van der Waals surface area contributed by atoms with E-state index >= 15 is 0 Å². The fourth-order valence-corrected chi connectivity index (χ4v) is 1.68. The van der Waals surface area contributed by atoms with E-state index in [0.717, 1.165) is 18.0 Å². The second-order valence-electron chi connectivity index (χ2n) is 3.13. The van der Waals surface area contributed by atoms with Crippen molar-refractivity contribution in [1.82, 2.24) is 14.9 Å². The van der Waals surface area contributed by atoms with Gasteiger partial charge in [-0.15, -0.1) is 5.10 Å². The van der Waals surface area contributed by atoms with Crippen LogP contribution in [0.4, 0.5) is 0 Å². The Labute approximate surface area is 92.3 Å². The molecule has 0 saturated carbocycles. The molecule has 1 unspecified atom stereocenters. The lowest BCUT2D eigenvalue weighted by Crippen LogP contribution is -2.33. The van der Waals surface area contributed by atoms with E-state index in [-0.39, 0.29) is 5.91 Å². The highest BCUT2D eigenvalue weighted by atomic mass is 32.1. The van der Waals surface area contributed by atoms with Crippen molar-refractivity contribution in [2.75, 3.05) is 0 Å². The van der Waals surface area contributed by atoms with Crippen molar-refractivity contribution in [2.45, 2.75) is 32.7 Å². The first-order valence-corrected chi connectivity index (χ1v) is 5.45. The highest BCUT2D eigenvalue weighted by molar-refractivity contribution is 7.08. The molecule has 1 rings (SSSR count). The number of aryl methyl sites for hydroxylation is 1. The summed E-state index contributed by atoms with van der Waals surface area (Å²) >= 11 is 1.05. The van der Waals surface area contributed by atoms with E-state index in [1.165, 1.54) is 0 Å². The fraction of sp³-hybridized carbons (Fsp3) is 0.556. The van der Waals surface area contributed by atoms with Gasteiger partial charge in [0.1, 0.15) is 10.9 Å². The SMILES string of the molecule is CCCC(C#N)NC(=O)c1snnc1C. The monoisotopic (exact) mass is 224 g/mol. The molecule has 0 fully saturated rings. The zero-order valence-corrected chi connectivity index (χ0v) is 9.47. The third kappa shape index (κ3) is 2.99. The Balaban J connectivity index is 2.64. The van der Waals surface area contributed by atoms with Gasteiger partial charge in [0.25, 0.3) is 5.91 Å². The summed E-state index contributed by atoms with van der Waals surface area (Å²) in [5.41, 5.74) is 0.602. The molecule has 0 spiro atoms.